The molecular weight excluding hydrogens is 276 g/mol. The van der Waals surface area contributed by atoms with Crippen molar-refractivity contribution in [3.8, 4) is 6.07 Å². The number of rotatable bonds is 2. The molecule has 104 valence electrons. The van der Waals surface area contributed by atoms with E-state index in [1.165, 1.54) is 30.3 Å². The van der Waals surface area contributed by atoms with Crippen LogP contribution in [0.1, 0.15) is 17.2 Å². The summed E-state index contributed by atoms with van der Waals surface area (Å²) in [6.07, 6.45) is 0. The van der Waals surface area contributed by atoms with Gasteiger partial charge < -0.3 is 10.6 Å². The summed E-state index contributed by atoms with van der Waals surface area (Å²) >= 11 is 0. The fraction of sp³-hybridized carbons (Fsp3) is 0.0667. The largest absolute Gasteiger partial charge is 0.369 e. The monoisotopic (exact) mass is 285 g/mol. The topological polar surface area (TPSA) is 64.9 Å². The lowest BCUT2D eigenvalue weighted by Crippen LogP contribution is -2.20. The summed E-state index contributed by atoms with van der Waals surface area (Å²) in [6.45, 7) is 0. The van der Waals surface area contributed by atoms with E-state index in [1.807, 2.05) is 0 Å². The van der Waals surface area contributed by atoms with Crippen LogP contribution in [-0.4, -0.2) is 5.91 Å². The molecule has 0 saturated carbocycles. The number of anilines is 2. The fourth-order valence-electron chi connectivity index (χ4n) is 2.29. The number of benzene rings is 2. The maximum absolute atomic E-state index is 13.6. The van der Waals surface area contributed by atoms with E-state index in [0.29, 0.717) is 11.3 Å². The lowest BCUT2D eigenvalue weighted by atomic mass is 10.1. The molecule has 2 aromatic carbocycles. The number of nitrogens with zero attached hydrogens (tertiary/aromatic N) is 1. The number of carbonyl (C=O) groups excluding carboxylic acids is 1. The van der Waals surface area contributed by atoms with Gasteiger partial charge in [-0.1, -0.05) is 6.07 Å². The van der Waals surface area contributed by atoms with Crippen LogP contribution in [0, 0.1) is 23.0 Å². The SMILES string of the molecule is N#Cc1c(F)cccc1NC1C(=O)Nc2ccc(F)cc21. The molecule has 0 aromatic heterocycles. The van der Waals surface area contributed by atoms with E-state index >= 15 is 0 Å². The highest BCUT2D eigenvalue weighted by molar-refractivity contribution is 6.04. The quantitative estimate of drug-likeness (QED) is 0.891. The molecule has 2 N–H and O–H groups in total. The van der Waals surface area contributed by atoms with Crippen LogP contribution in [0.15, 0.2) is 36.4 Å². The van der Waals surface area contributed by atoms with Crippen LogP contribution < -0.4 is 10.6 Å². The maximum atomic E-state index is 13.6. The first-order valence-electron chi connectivity index (χ1n) is 6.15. The molecule has 6 heteroatoms. The van der Waals surface area contributed by atoms with Crippen molar-refractivity contribution in [3.63, 3.8) is 0 Å². The average molecular weight is 285 g/mol. The highest BCUT2D eigenvalue weighted by atomic mass is 19.1. The van der Waals surface area contributed by atoms with Crippen LogP contribution in [0.25, 0.3) is 0 Å². The van der Waals surface area contributed by atoms with Crippen molar-refractivity contribution < 1.29 is 13.6 Å². The number of carbonyl (C=O) groups is 1. The van der Waals surface area contributed by atoms with Gasteiger partial charge in [-0.25, -0.2) is 8.78 Å². The fourth-order valence-corrected chi connectivity index (χ4v) is 2.29. The van der Waals surface area contributed by atoms with Gasteiger partial charge in [0.05, 0.1) is 5.69 Å². The van der Waals surface area contributed by atoms with Crippen molar-refractivity contribution >= 4 is 17.3 Å². The second kappa shape index (κ2) is 4.87. The number of halogens is 2. The molecule has 1 aliphatic rings. The number of hydrogen-bond donors (Lipinski definition) is 2. The summed E-state index contributed by atoms with van der Waals surface area (Å²) in [5, 5.41) is 14.4. The Morgan fingerprint density at radius 1 is 1.24 bits per heavy atom. The van der Waals surface area contributed by atoms with Gasteiger partial charge in [-0.05, 0) is 30.3 Å². The zero-order valence-electron chi connectivity index (χ0n) is 10.7. The molecule has 0 saturated heterocycles. The smallest absolute Gasteiger partial charge is 0.251 e. The molecule has 2 aromatic rings. The third-order valence-electron chi connectivity index (χ3n) is 3.27. The second-order valence-electron chi connectivity index (χ2n) is 4.57. The Morgan fingerprint density at radius 2 is 2.05 bits per heavy atom. The van der Waals surface area contributed by atoms with Gasteiger partial charge in [0, 0.05) is 11.3 Å². The predicted octanol–water partition coefficient (Wildman–Crippen LogP) is 2.94. The molecule has 0 radical (unpaired) electrons. The number of nitrogens with one attached hydrogen (secondary N) is 2. The molecule has 0 bridgehead atoms. The van der Waals surface area contributed by atoms with E-state index in [0.717, 1.165) is 6.07 Å². The van der Waals surface area contributed by atoms with Gasteiger partial charge in [-0.15, -0.1) is 0 Å². The van der Waals surface area contributed by atoms with E-state index in [2.05, 4.69) is 10.6 Å². The van der Waals surface area contributed by atoms with Gasteiger partial charge in [-0.3, -0.25) is 4.79 Å². The molecule has 0 spiro atoms. The van der Waals surface area contributed by atoms with Gasteiger partial charge >= 0.3 is 0 Å². The van der Waals surface area contributed by atoms with Gasteiger partial charge in [0.2, 0.25) is 0 Å². The van der Waals surface area contributed by atoms with Gasteiger partial charge in [0.25, 0.3) is 5.91 Å². The first kappa shape index (κ1) is 13.1. The summed E-state index contributed by atoms with van der Waals surface area (Å²) in [5.74, 6) is -1.54. The second-order valence-corrected chi connectivity index (χ2v) is 4.57. The Balaban J connectivity index is 2.01. The number of nitriles is 1. The third kappa shape index (κ3) is 2.19. The van der Waals surface area contributed by atoms with Crippen LogP contribution in [0.3, 0.4) is 0 Å². The lowest BCUT2D eigenvalue weighted by Gasteiger charge is -2.14. The molecule has 0 aliphatic carbocycles. The van der Waals surface area contributed by atoms with Crippen molar-refractivity contribution in [1.82, 2.24) is 0 Å². The molecule has 1 heterocycles. The zero-order valence-corrected chi connectivity index (χ0v) is 10.7. The molecule has 1 amide bonds. The van der Waals surface area contributed by atoms with Crippen molar-refractivity contribution in [3.05, 3.63) is 59.2 Å². The van der Waals surface area contributed by atoms with Crippen molar-refractivity contribution in [2.24, 2.45) is 0 Å². The first-order chi connectivity index (χ1) is 10.1. The van der Waals surface area contributed by atoms with Crippen molar-refractivity contribution in [2.45, 2.75) is 6.04 Å². The molecular formula is C15H9F2N3O. The van der Waals surface area contributed by atoms with Crippen LogP contribution in [-0.2, 0) is 4.79 Å². The number of hydrogen-bond acceptors (Lipinski definition) is 3. The summed E-state index contributed by atoms with van der Waals surface area (Å²) < 4.78 is 26.9. The summed E-state index contributed by atoms with van der Waals surface area (Å²) in [5.41, 5.74) is 0.923. The van der Waals surface area contributed by atoms with E-state index in [-0.39, 0.29) is 17.2 Å². The minimum absolute atomic E-state index is 0.185. The van der Waals surface area contributed by atoms with E-state index < -0.39 is 17.7 Å². The van der Waals surface area contributed by atoms with E-state index in [1.54, 1.807) is 6.07 Å². The Morgan fingerprint density at radius 3 is 2.81 bits per heavy atom. The van der Waals surface area contributed by atoms with Gasteiger partial charge in [0.1, 0.15) is 29.3 Å². The summed E-state index contributed by atoms with van der Waals surface area (Å²) in [7, 11) is 0. The average Bonchev–Trinajstić information content (AvgIpc) is 2.75. The molecule has 1 aliphatic heterocycles. The Kier molecular flexibility index (Phi) is 3.03. The van der Waals surface area contributed by atoms with Crippen molar-refractivity contribution in [2.75, 3.05) is 10.6 Å². The van der Waals surface area contributed by atoms with Gasteiger partial charge in [0.15, 0.2) is 0 Å². The van der Waals surface area contributed by atoms with E-state index in [9.17, 15) is 13.6 Å². The zero-order chi connectivity index (χ0) is 15.0. The molecule has 0 fully saturated rings. The van der Waals surface area contributed by atoms with Gasteiger partial charge in [-0.2, -0.15) is 5.26 Å². The molecule has 1 atom stereocenters. The molecule has 3 rings (SSSR count). The van der Waals surface area contributed by atoms with Crippen LogP contribution in [0.4, 0.5) is 20.2 Å². The van der Waals surface area contributed by atoms with Crippen LogP contribution >= 0.6 is 0 Å². The minimum Gasteiger partial charge on any atom is -0.369 e. The lowest BCUT2D eigenvalue weighted by molar-refractivity contribution is -0.116. The maximum Gasteiger partial charge on any atom is 0.251 e. The molecule has 1 unspecified atom stereocenters. The standard InChI is InChI=1S/C15H9F2N3O/c16-8-4-5-13-9(6-8)14(15(21)20-13)19-12-3-1-2-11(17)10(12)7-18/h1-6,14,19H,(H,20,21). The third-order valence-corrected chi connectivity index (χ3v) is 3.27. The first-order valence-corrected chi connectivity index (χ1v) is 6.15. The number of fused-ring (bicyclic) bond motifs is 1. The molecule has 21 heavy (non-hydrogen) atoms. The normalized spacial score (nSPS) is 16.0. The minimum atomic E-state index is -0.871. The van der Waals surface area contributed by atoms with Crippen molar-refractivity contribution in [1.29, 1.82) is 5.26 Å². The Labute approximate surface area is 119 Å². The highest BCUT2D eigenvalue weighted by Crippen LogP contribution is 2.34. The summed E-state index contributed by atoms with van der Waals surface area (Å²) in [4.78, 5) is 12.0. The van der Waals surface area contributed by atoms with Crippen LogP contribution in [0.5, 0.6) is 0 Å². The Bertz CT molecular complexity index is 783. The van der Waals surface area contributed by atoms with E-state index in [4.69, 9.17) is 5.26 Å². The van der Waals surface area contributed by atoms with Crippen LogP contribution in [0.2, 0.25) is 0 Å². The predicted molar refractivity (Wildman–Crippen MR) is 72.5 cm³/mol. The number of amides is 1. The molecule has 4 nitrogen and oxygen atoms in total. The Hall–Kier alpha value is -2.94. The highest BCUT2D eigenvalue weighted by Gasteiger charge is 2.31. The summed E-state index contributed by atoms with van der Waals surface area (Å²) in [6, 6.07) is 8.89.